The number of amidine groups is 1. The van der Waals surface area contributed by atoms with Gasteiger partial charge in [-0.2, -0.15) is 0 Å². The smallest absolute Gasteiger partial charge is 0.344 e. The second-order valence-electron chi connectivity index (χ2n) is 6.69. The summed E-state index contributed by atoms with van der Waals surface area (Å²) in [5.74, 6) is -4.40. The molecule has 0 spiro atoms. The summed E-state index contributed by atoms with van der Waals surface area (Å²) in [7, 11) is 0. The Kier molecular flexibility index (Phi) is 8.98. The zero-order valence-corrected chi connectivity index (χ0v) is 17.7. The molecule has 2 rings (SSSR count). The molecule has 10 nitrogen and oxygen atoms in total. The van der Waals surface area contributed by atoms with Crippen LogP contribution in [0.25, 0.3) is 0 Å². The first-order valence-electron chi connectivity index (χ1n) is 9.81. The number of Topliss-reactive ketones (excluding diaryl/α,β-unsaturated/α-hetero) is 2. The van der Waals surface area contributed by atoms with Gasteiger partial charge in [0.05, 0.1) is 6.61 Å². The van der Waals surface area contributed by atoms with E-state index in [1.54, 1.807) is 6.92 Å². The summed E-state index contributed by atoms with van der Waals surface area (Å²) >= 11 is 0. The van der Waals surface area contributed by atoms with Crippen molar-refractivity contribution in [1.82, 2.24) is 0 Å². The minimum Gasteiger partial charge on any atom is -0.482 e. The average molecular weight is 454 g/mol. The van der Waals surface area contributed by atoms with Gasteiger partial charge in [-0.15, -0.1) is 0 Å². The maximum Gasteiger partial charge on any atom is 0.344 e. The number of ketones is 2. The van der Waals surface area contributed by atoms with Crippen molar-refractivity contribution in [3.63, 3.8) is 0 Å². The van der Waals surface area contributed by atoms with Gasteiger partial charge in [0.15, 0.2) is 18.2 Å². The van der Waals surface area contributed by atoms with Crippen molar-refractivity contribution in [3.05, 3.63) is 65.2 Å². The lowest BCUT2D eigenvalue weighted by molar-refractivity contribution is -0.153. The molecule has 0 bridgehead atoms. The summed E-state index contributed by atoms with van der Waals surface area (Å²) in [4.78, 5) is 59.7. The van der Waals surface area contributed by atoms with Crippen LogP contribution in [0.1, 0.15) is 39.6 Å². The minimum absolute atomic E-state index is 0.0864. The predicted octanol–water partition coefficient (Wildman–Crippen LogP) is 1.68. The van der Waals surface area contributed by atoms with E-state index in [1.807, 2.05) is 0 Å². The van der Waals surface area contributed by atoms with Crippen LogP contribution < -0.4 is 10.5 Å². The van der Waals surface area contributed by atoms with Gasteiger partial charge < -0.3 is 19.9 Å². The maximum atomic E-state index is 12.8. The number of benzene rings is 2. The number of nitrogen functional groups attached to an aromatic ring is 1. The molecule has 0 amide bonds. The Balaban J connectivity index is 2.14. The molecule has 0 aromatic heterocycles. The summed E-state index contributed by atoms with van der Waals surface area (Å²) < 4.78 is 14.3. The number of carbonyl (C=O) groups is 5. The predicted molar refractivity (Wildman–Crippen MR) is 115 cm³/mol. The van der Waals surface area contributed by atoms with Crippen molar-refractivity contribution >= 4 is 35.8 Å². The fourth-order valence-electron chi connectivity index (χ4n) is 2.81. The van der Waals surface area contributed by atoms with Crippen LogP contribution in [0.4, 0.5) is 0 Å². The number of nitrogens with two attached hydrogens (primary N) is 1. The number of hydrogen-bond donors (Lipinski definition) is 2. The molecule has 3 N–H and O–H groups in total. The number of carbonyl (C=O) groups excluding carboxylic acids is 5. The second-order valence-corrected chi connectivity index (χ2v) is 6.69. The molecule has 0 fully saturated rings. The van der Waals surface area contributed by atoms with Crippen molar-refractivity contribution in [2.24, 2.45) is 11.7 Å². The third kappa shape index (κ3) is 7.10. The molecule has 0 saturated carbocycles. The zero-order valence-electron chi connectivity index (χ0n) is 17.7. The van der Waals surface area contributed by atoms with Gasteiger partial charge in [0.1, 0.15) is 17.5 Å². The molecule has 2 aromatic carbocycles. The quantitative estimate of drug-likeness (QED) is 0.121. The monoisotopic (exact) mass is 454 g/mol. The largest absolute Gasteiger partial charge is 0.482 e. The van der Waals surface area contributed by atoms with Crippen molar-refractivity contribution in [2.75, 3.05) is 13.2 Å². The van der Waals surface area contributed by atoms with Gasteiger partial charge in [0.2, 0.25) is 0 Å². The molecule has 0 saturated heterocycles. The van der Waals surface area contributed by atoms with Crippen LogP contribution in [-0.2, 0) is 23.9 Å². The van der Waals surface area contributed by atoms with E-state index in [0.29, 0.717) is 11.3 Å². The van der Waals surface area contributed by atoms with Crippen LogP contribution in [0.5, 0.6) is 5.75 Å². The van der Waals surface area contributed by atoms with Crippen molar-refractivity contribution in [1.29, 1.82) is 5.41 Å². The summed E-state index contributed by atoms with van der Waals surface area (Å²) in [5.41, 5.74) is 6.03. The maximum absolute atomic E-state index is 12.8. The van der Waals surface area contributed by atoms with Gasteiger partial charge in [0, 0.05) is 23.1 Å². The van der Waals surface area contributed by atoms with E-state index in [1.165, 1.54) is 48.5 Å². The van der Waals surface area contributed by atoms with E-state index >= 15 is 0 Å². The fourth-order valence-corrected chi connectivity index (χ4v) is 2.81. The normalized spacial score (nSPS) is 11.1. The third-order valence-electron chi connectivity index (χ3n) is 4.47. The molecule has 10 heteroatoms. The number of rotatable bonds is 12. The van der Waals surface area contributed by atoms with Crippen molar-refractivity contribution in [3.8, 4) is 5.75 Å². The van der Waals surface area contributed by atoms with Gasteiger partial charge in [-0.25, -0.2) is 4.79 Å². The molecule has 0 aliphatic heterocycles. The van der Waals surface area contributed by atoms with Crippen LogP contribution >= 0.6 is 0 Å². The Morgan fingerprint density at radius 3 is 2.09 bits per heavy atom. The second kappa shape index (κ2) is 11.9. The highest BCUT2D eigenvalue weighted by molar-refractivity contribution is 6.13. The van der Waals surface area contributed by atoms with Crippen LogP contribution in [-0.4, -0.2) is 49.0 Å². The molecule has 0 aliphatic carbocycles. The van der Waals surface area contributed by atoms with E-state index in [0.717, 1.165) is 0 Å². The lowest BCUT2D eigenvalue weighted by Crippen LogP contribution is -2.28. The van der Waals surface area contributed by atoms with E-state index in [4.69, 9.17) is 20.6 Å². The van der Waals surface area contributed by atoms with Gasteiger partial charge in [0.25, 0.3) is 0 Å². The summed E-state index contributed by atoms with van der Waals surface area (Å²) in [5, 5.41) is 7.39. The molecule has 0 radical (unpaired) electrons. The van der Waals surface area contributed by atoms with E-state index in [2.05, 4.69) is 4.74 Å². The molecule has 33 heavy (non-hydrogen) atoms. The number of hydrogen-bond acceptors (Lipinski definition) is 9. The molecule has 0 heterocycles. The summed E-state index contributed by atoms with van der Waals surface area (Å²) in [6.45, 7) is 1.49. The first-order chi connectivity index (χ1) is 15.8. The number of ether oxygens (including phenoxy) is 3. The van der Waals surface area contributed by atoms with E-state index < -0.39 is 35.8 Å². The van der Waals surface area contributed by atoms with Crippen LogP contribution in [0.3, 0.4) is 0 Å². The molecule has 2 aromatic rings. The molecule has 0 aliphatic rings. The summed E-state index contributed by atoms with van der Waals surface area (Å²) in [6.07, 6.45) is -0.539. The zero-order chi connectivity index (χ0) is 24.4. The van der Waals surface area contributed by atoms with Gasteiger partial charge in [-0.1, -0.05) is 24.3 Å². The van der Waals surface area contributed by atoms with Crippen LogP contribution in [0.15, 0.2) is 48.5 Å². The highest BCUT2D eigenvalue weighted by Crippen LogP contribution is 2.20. The van der Waals surface area contributed by atoms with Crippen molar-refractivity contribution < 1.29 is 38.2 Å². The third-order valence-corrected chi connectivity index (χ3v) is 4.47. The Morgan fingerprint density at radius 1 is 0.970 bits per heavy atom. The lowest BCUT2D eigenvalue weighted by Gasteiger charge is -2.13. The number of nitrogens with one attached hydrogen (secondary N) is 1. The first-order valence-corrected chi connectivity index (χ1v) is 9.81. The van der Waals surface area contributed by atoms with Gasteiger partial charge in [-0.05, 0) is 31.2 Å². The van der Waals surface area contributed by atoms with Crippen molar-refractivity contribution in [2.45, 2.75) is 13.3 Å². The molecule has 1 atom stereocenters. The average Bonchev–Trinajstić information content (AvgIpc) is 2.81. The summed E-state index contributed by atoms with van der Waals surface area (Å²) in [6, 6.07) is 11.3. The molecule has 0 unspecified atom stereocenters. The molecular weight excluding hydrogens is 432 g/mol. The number of esters is 2. The van der Waals surface area contributed by atoms with Gasteiger partial charge >= 0.3 is 18.4 Å². The minimum atomic E-state index is -1.55. The van der Waals surface area contributed by atoms with Crippen LogP contribution in [0, 0.1) is 11.3 Å². The Morgan fingerprint density at radius 2 is 1.55 bits per heavy atom. The highest BCUT2D eigenvalue weighted by atomic mass is 16.6. The van der Waals surface area contributed by atoms with Gasteiger partial charge in [-0.3, -0.25) is 24.6 Å². The SMILES string of the molecule is CCOC(=O)COc1ccc(C(=O)C[C@H](C(=O)OC=O)C(=O)c2ccc(C(=N)N)cc2)cc1. The molecule has 172 valence electrons. The van der Waals surface area contributed by atoms with E-state index in [9.17, 15) is 24.0 Å². The Labute approximate surface area is 189 Å². The molecular formula is C23H22N2O8. The Bertz CT molecular complexity index is 1050. The standard InChI is InChI=1S/C23H22N2O8/c1-2-31-20(28)12-32-17-9-7-14(8-10-17)19(27)11-18(23(30)33-13-26)21(29)15-3-5-16(6-4-15)22(24)25/h3-10,13,18H,2,11-12H2,1H3,(H3,24,25)/t18-/m0/s1. The topological polar surface area (TPSA) is 163 Å². The fraction of sp³-hybridized carbons (Fsp3) is 0.217. The van der Waals surface area contributed by atoms with Crippen LogP contribution in [0.2, 0.25) is 0 Å². The lowest BCUT2D eigenvalue weighted by atomic mass is 9.90. The highest BCUT2D eigenvalue weighted by Gasteiger charge is 2.32. The Hall–Kier alpha value is -4.34. The van der Waals surface area contributed by atoms with E-state index in [-0.39, 0.29) is 36.6 Å². The first kappa shape index (κ1) is 24.9.